The first kappa shape index (κ1) is 14.5. The molecule has 0 saturated carbocycles. The van der Waals surface area contributed by atoms with Crippen LogP contribution in [0.3, 0.4) is 0 Å². The molecule has 0 bridgehead atoms. The Labute approximate surface area is 105 Å². The van der Waals surface area contributed by atoms with Crippen molar-refractivity contribution in [2.75, 3.05) is 19.6 Å². The Kier molecular flexibility index (Phi) is 5.92. The number of rotatable bonds is 6. The molecule has 4 heteroatoms. The molecule has 0 aliphatic carbocycles. The van der Waals surface area contributed by atoms with Gasteiger partial charge in [0, 0.05) is 25.2 Å². The predicted octanol–water partition coefficient (Wildman–Crippen LogP) is 0.960. The standard InChI is InChI=1S/C13H27N3O/c1-10(2)4-5-11(3)15-13(17)9-16-7-6-12(14)8-16/h10-12H,4-9,14H2,1-3H3,(H,15,17)/t11?,12-/m1/s1. The van der Waals surface area contributed by atoms with Crippen LogP contribution in [0.4, 0.5) is 0 Å². The van der Waals surface area contributed by atoms with Gasteiger partial charge in [-0.3, -0.25) is 9.69 Å². The summed E-state index contributed by atoms with van der Waals surface area (Å²) in [6.45, 7) is 8.80. The normalized spacial score (nSPS) is 23.0. The highest BCUT2D eigenvalue weighted by Gasteiger charge is 2.21. The van der Waals surface area contributed by atoms with E-state index >= 15 is 0 Å². The first-order valence-corrected chi connectivity index (χ1v) is 6.74. The number of hydrogen-bond donors (Lipinski definition) is 2. The molecule has 1 amide bonds. The number of nitrogens with zero attached hydrogens (tertiary/aromatic N) is 1. The van der Waals surface area contributed by atoms with E-state index in [-0.39, 0.29) is 18.0 Å². The molecule has 1 saturated heterocycles. The van der Waals surface area contributed by atoms with Crippen molar-refractivity contribution in [1.29, 1.82) is 0 Å². The molecular formula is C13H27N3O. The van der Waals surface area contributed by atoms with Crippen molar-refractivity contribution in [3.05, 3.63) is 0 Å². The number of hydrogen-bond acceptors (Lipinski definition) is 3. The van der Waals surface area contributed by atoms with Gasteiger partial charge >= 0.3 is 0 Å². The summed E-state index contributed by atoms with van der Waals surface area (Å²) in [5.41, 5.74) is 5.81. The molecule has 1 unspecified atom stereocenters. The fraction of sp³-hybridized carbons (Fsp3) is 0.923. The van der Waals surface area contributed by atoms with Crippen molar-refractivity contribution in [2.45, 2.75) is 52.1 Å². The summed E-state index contributed by atoms with van der Waals surface area (Å²) in [5.74, 6) is 0.835. The van der Waals surface area contributed by atoms with Crippen LogP contribution in [0.15, 0.2) is 0 Å². The van der Waals surface area contributed by atoms with E-state index in [0.29, 0.717) is 12.5 Å². The summed E-state index contributed by atoms with van der Waals surface area (Å²) in [5, 5.41) is 3.06. The van der Waals surface area contributed by atoms with Gasteiger partial charge in [0.05, 0.1) is 6.54 Å². The smallest absolute Gasteiger partial charge is 0.234 e. The highest BCUT2D eigenvalue weighted by atomic mass is 16.2. The fourth-order valence-electron chi connectivity index (χ4n) is 2.19. The lowest BCUT2D eigenvalue weighted by Gasteiger charge is -2.18. The van der Waals surface area contributed by atoms with Gasteiger partial charge in [-0.15, -0.1) is 0 Å². The minimum absolute atomic E-state index is 0.135. The molecule has 1 aliphatic rings. The molecule has 1 heterocycles. The van der Waals surface area contributed by atoms with E-state index in [1.165, 1.54) is 0 Å². The van der Waals surface area contributed by atoms with Gasteiger partial charge in [0.15, 0.2) is 0 Å². The van der Waals surface area contributed by atoms with E-state index in [0.717, 1.165) is 32.4 Å². The quantitative estimate of drug-likeness (QED) is 0.728. The maximum Gasteiger partial charge on any atom is 0.234 e. The number of carbonyl (C=O) groups excluding carboxylic acids is 1. The summed E-state index contributed by atoms with van der Waals surface area (Å²) in [4.78, 5) is 13.9. The number of nitrogens with one attached hydrogen (secondary N) is 1. The lowest BCUT2D eigenvalue weighted by atomic mass is 10.0. The van der Waals surface area contributed by atoms with Gasteiger partial charge in [0.25, 0.3) is 0 Å². The number of amides is 1. The van der Waals surface area contributed by atoms with Crippen molar-refractivity contribution >= 4 is 5.91 Å². The molecule has 4 nitrogen and oxygen atoms in total. The fourth-order valence-corrected chi connectivity index (χ4v) is 2.19. The third-order valence-corrected chi connectivity index (χ3v) is 3.26. The Morgan fingerprint density at radius 2 is 2.12 bits per heavy atom. The highest BCUT2D eigenvalue weighted by molar-refractivity contribution is 5.78. The molecule has 3 N–H and O–H groups in total. The minimum atomic E-state index is 0.135. The molecule has 0 aromatic rings. The van der Waals surface area contributed by atoms with E-state index in [9.17, 15) is 4.79 Å². The predicted molar refractivity (Wildman–Crippen MR) is 70.7 cm³/mol. The summed E-state index contributed by atoms with van der Waals surface area (Å²) >= 11 is 0. The Bertz CT molecular complexity index is 243. The summed E-state index contributed by atoms with van der Waals surface area (Å²) in [6.07, 6.45) is 3.23. The third-order valence-electron chi connectivity index (χ3n) is 3.26. The lowest BCUT2D eigenvalue weighted by Crippen LogP contribution is -2.41. The first-order chi connectivity index (χ1) is 7.97. The van der Waals surface area contributed by atoms with Crippen LogP contribution in [-0.2, 0) is 4.79 Å². The summed E-state index contributed by atoms with van der Waals surface area (Å²) in [7, 11) is 0. The van der Waals surface area contributed by atoms with Crippen LogP contribution < -0.4 is 11.1 Å². The van der Waals surface area contributed by atoms with Gasteiger partial charge < -0.3 is 11.1 Å². The average molecular weight is 241 g/mol. The molecule has 1 rings (SSSR count). The molecule has 0 aromatic heterocycles. The summed E-state index contributed by atoms with van der Waals surface area (Å²) < 4.78 is 0. The largest absolute Gasteiger partial charge is 0.353 e. The number of likely N-dealkylation sites (tertiary alicyclic amines) is 1. The Hall–Kier alpha value is -0.610. The molecule has 1 fully saturated rings. The van der Waals surface area contributed by atoms with Gasteiger partial charge in [-0.05, 0) is 32.1 Å². The zero-order valence-corrected chi connectivity index (χ0v) is 11.4. The molecule has 17 heavy (non-hydrogen) atoms. The molecule has 2 atom stereocenters. The van der Waals surface area contributed by atoms with Crippen molar-refractivity contribution < 1.29 is 4.79 Å². The molecular weight excluding hydrogens is 214 g/mol. The van der Waals surface area contributed by atoms with E-state index in [1.54, 1.807) is 0 Å². The van der Waals surface area contributed by atoms with Crippen LogP contribution in [0.25, 0.3) is 0 Å². The van der Waals surface area contributed by atoms with E-state index in [2.05, 4.69) is 31.0 Å². The van der Waals surface area contributed by atoms with Gasteiger partial charge in [-0.25, -0.2) is 0 Å². The molecule has 100 valence electrons. The molecule has 0 aromatic carbocycles. The van der Waals surface area contributed by atoms with Crippen LogP contribution in [0.1, 0.15) is 40.0 Å². The van der Waals surface area contributed by atoms with Crippen LogP contribution in [0, 0.1) is 5.92 Å². The lowest BCUT2D eigenvalue weighted by molar-refractivity contribution is -0.122. The zero-order chi connectivity index (χ0) is 12.8. The summed E-state index contributed by atoms with van der Waals surface area (Å²) in [6, 6.07) is 0.530. The van der Waals surface area contributed by atoms with Crippen LogP contribution >= 0.6 is 0 Å². The zero-order valence-electron chi connectivity index (χ0n) is 11.4. The topological polar surface area (TPSA) is 58.4 Å². The van der Waals surface area contributed by atoms with Gasteiger partial charge in [-0.2, -0.15) is 0 Å². The van der Waals surface area contributed by atoms with Crippen molar-refractivity contribution in [3.8, 4) is 0 Å². The Balaban J connectivity index is 2.15. The second kappa shape index (κ2) is 6.97. The number of carbonyl (C=O) groups is 1. The van der Waals surface area contributed by atoms with Crippen LogP contribution in [0.5, 0.6) is 0 Å². The SMILES string of the molecule is CC(C)CCC(C)NC(=O)CN1CC[C@@H](N)C1. The highest BCUT2D eigenvalue weighted by Crippen LogP contribution is 2.08. The monoisotopic (exact) mass is 241 g/mol. The van der Waals surface area contributed by atoms with E-state index in [4.69, 9.17) is 5.73 Å². The second-order valence-corrected chi connectivity index (χ2v) is 5.72. The van der Waals surface area contributed by atoms with Gasteiger partial charge in [0.2, 0.25) is 5.91 Å². The van der Waals surface area contributed by atoms with Crippen molar-refractivity contribution in [1.82, 2.24) is 10.2 Å². The van der Waals surface area contributed by atoms with E-state index in [1.807, 2.05) is 0 Å². The molecule has 0 spiro atoms. The molecule has 1 aliphatic heterocycles. The third kappa shape index (κ3) is 6.03. The van der Waals surface area contributed by atoms with Gasteiger partial charge in [0.1, 0.15) is 0 Å². The maximum atomic E-state index is 11.8. The van der Waals surface area contributed by atoms with Crippen LogP contribution in [-0.4, -0.2) is 42.5 Å². The Morgan fingerprint density at radius 1 is 1.41 bits per heavy atom. The van der Waals surface area contributed by atoms with Gasteiger partial charge in [-0.1, -0.05) is 13.8 Å². The second-order valence-electron chi connectivity index (χ2n) is 5.72. The van der Waals surface area contributed by atoms with Crippen molar-refractivity contribution in [3.63, 3.8) is 0 Å². The minimum Gasteiger partial charge on any atom is -0.353 e. The Morgan fingerprint density at radius 3 is 2.65 bits per heavy atom. The van der Waals surface area contributed by atoms with Crippen molar-refractivity contribution in [2.24, 2.45) is 11.7 Å². The maximum absolute atomic E-state index is 11.8. The first-order valence-electron chi connectivity index (χ1n) is 6.74. The number of nitrogens with two attached hydrogens (primary N) is 1. The van der Waals surface area contributed by atoms with E-state index < -0.39 is 0 Å². The van der Waals surface area contributed by atoms with Crippen LogP contribution in [0.2, 0.25) is 0 Å². The molecule has 0 radical (unpaired) electrons. The average Bonchev–Trinajstić information content (AvgIpc) is 2.60.